The van der Waals surface area contributed by atoms with Crippen molar-refractivity contribution in [3.05, 3.63) is 29.8 Å². The molecule has 1 N–H and O–H groups in total. The molecule has 7 heteroatoms. The van der Waals surface area contributed by atoms with E-state index in [4.69, 9.17) is 4.74 Å². The topological polar surface area (TPSA) is 57.2 Å². The van der Waals surface area contributed by atoms with Crippen molar-refractivity contribution in [1.29, 1.82) is 0 Å². The zero-order chi connectivity index (χ0) is 18.7. The number of rotatable bonds is 9. The molecule has 148 valence electrons. The van der Waals surface area contributed by atoms with Gasteiger partial charge >= 0.3 is 0 Å². The van der Waals surface area contributed by atoms with Crippen molar-refractivity contribution in [3.8, 4) is 5.75 Å². The summed E-state index contributed by atoms with van der Waals surface area (Å²) in [5.41, 5.74) is 1.23. The zero-order valence-electron chi connectivity index (χ0n) is 16.6. The number of amides is 1. The largest absolute Gasteiger partial charge is 0.497 e. The molecule has 1 aromatic carbocycles. The molecule has 0 aliphatic carbocycles. The lowest BCUT2D eigenvalue weighted by molar-refractivity contribution is -0.127. The van der Waals surface area contributed by atoms with Gasteiger partial charge in [-0.15, -0.1) is 24.0 Å². The molecule has 0 saturated carbocycles. The van der Waals surface area contributed by atoms with Crippen molar-refractivity contribution >= 4 is 35.8 Å². The first-order valence-corrected chi connectivity index (χ1v) is 8.80. The van der Waals surface area contributed by atoms with E-state index in [0.29, 0.717) is 0 Å². The molecule has 0 aromatic heterocycles. The monoisotopic (exact) mass is 476 g/mol. The van der Waals surface area contributed by atoms with Crippen LogP contribution in [0.15, 0.2) is 29.3 Å². The summed E-state index contributed by atoms with van der Waals surface area (Å²) in [6.45, 7) is 4.00. The molecule has 0 radical (unpaired) electrons. The SMILES string of the molecule is CCCCN(C)C(=NCC(=O)N(C)C)NCCc1ccc(OC)cc1.I. The second-order valence-corrected chi connectivity index (χ2v) is 6.23. The number of nitrogens with one attached hydrogen (secondary N) is 1. The Hall–Kier alpha value is -1.51. The van der Waals surface area contributed by atoms with Gasteiger partial charge in [-0.05, 0) is 30.5 Å². The van der Waals surface area contributed by atoms with Crippen LogP contribution in [0.4, 0.5) is 0 Å². The van der Waals surface area contributed by atoms with E-state index < -0.39 is 0 Å². The maximum absolute atomic E-state index is 11.8. The van der Waals surface area contributed by atoms with Gasteiger partial charge in [-0.1, -0.05) is 25.5 Å². The maximum Gasteiger partial charge on any atom is 0.243 e. The molecule has 0 saturated heterocycles. The minimum Gasteiger partial charge on any atom is -0.497 e. The highest BCUT2D eigenvalue weighted by molar-refractivity contribution is 14.0. The van der Waals surface area contributed by atoms with Crippen LogP contribution in [0.3, 0.4) is 0 Å². The molecule has 1 aromatic rings. The number of likely N-dealkylation sites (N-methyl/N-ethyl adjacent to an activating group) is 1. The minimum atomic E-state index is -0.00153. The van der Waals surface area contributed by atoms with E-state index in [2.05, 4.69) is 34.3 Å². The highest BCUT2D eigenvalue weighted by atomic mass is 127. The Morgan fingerprint density at radius 2 is 1.85 bits per heavy atom. The van der Waals surface area contributed by atoms with Gasteiger partial charge in [0.15, 0.2) is 5.96 Å². The fraction of sp³-hybridized carbons (Fsp3) is 0.579. The van der Waals surface area contributed by atoms with Crippen molar-refractivity contribution < 1.29 is 9.53 Å². The van der Waals surface area contributed by atoms with E-state index in [1.54, 1.807) is 26.1 Å². The third-order valence-corrected chi connectivity index (χ3v) is 3.93. The van der Waals surface area contributed by atoms with Crippen LogP contribution in [-0.2, 0) is 11.2 Å². The predicted molar refractivity (Wildman–Crippen MR) is 119 cm³/mol. The number of methoxy groups -OCH3 is 1. The van der Waals surface area contributed by atoms with Crippen molar-refractivity contribution in [2.75, 3.05) is 47.9 Å². The fourth-order valence-corrected chi connectivity index (χ4v) is 2.21. The van der Waals surface area contributed by atoms with Crippen LogP contribution in [0.1, 0.15) is 25.3 Å². The van der Waals surface area contributed by atoms with Gasteiger partial charge < -0.3 is 19.9 Å². The number of halogens is 1. The first-order chi connectivity index (χ1) is 12.0. The fourth-order valence-electron chi connectivity index (χ4n) is 2.21. The summed E-state index contributed by atoms with van der Waals surface area (Å²) in [6, 6.07) is 8.06. The maximum atomic E-state index is 11.8. The Labute approximate surface area is 175 Å². The highest BCUT2D eigenvalue weighted by Crippen LogP contribution is 2.11. The van der Waals surface area contributed by atoms with Gasteiger partial charge in [-0.25, -0.2) is 4.99 Å². The van der Waals surface area contributed by atoms with Gasteiger partial charge in [0.1, 0.15) is 12.3 Å². The molecule has 1 rings (SSSR count). The third-order valence-electron chi connectivity index (χ3n) is 3.93. The average molecular weight is 476 g/mol. The zero-order valence-corrected chi connectivity index (χ0v) is 18.9. The lowest BCUT2D eigenvalue weighted by atomic mass is 10.1. The molecule has 0 unspecified atom stereocenters. The first-order valence-electron chi connectivity index (χ1n) is 8.80. The second kappa shape index (κ2) is 13.7. The lowest BCUT2D eigenvalue weighted by Crippen LogP contribution is -2.41. The number of unbranched alkanes of at least 4 members (excludes halogenated alkanes) is 1. The Morgan fingerprint density at radius 1 is 1.19 bits per heavy atom. The number of carbonyl (C=O) groups is 1. The summed E-state index contributed by atoms with van der Waals surface area (Å²) >= 11 is 0. The van der Waals surface area contributed by atoms with Crippen molar-refractivity contribution in [3.63, 3.8) is 0 Å². The first kappa shape index (κ1) is 24.5. The van der Waals surface area contributed by atoms with Crippen LogP contribution in [0.5, 0.6) is 5.75 Å². The van der Waals surface area contributed by atoms with Gasteiger partial charge in [0.25, 0.3) is 0 Å². The molecule has 0 aliphatic rings. The predicted octanol–water partition coefficient (Wildman–Crippen LogP) is 2.62. The number of hydrogen-bond acceptors (Lipinski definition) is 3. The summed E-state index contributed by atoms with van der Waals surface area (Å²) in [4.78, 5) is 19.9. The van der Waals surface area contributed by atoms with Gasteiger partial charge in [-0.2, -0.15) is 0 Å². The molecule has 0 atom stereocenters. The molecule has 26 heavy (non-hydrogen) atoms. The molecule has 6 nitrogen and oxygen atoms in total. The third kappa shape index (κ3) is 9.26. The Bertz CT molecular complexity index is 547. The Kier molecular flexibility index (Phi) is 12.9. The van der Waals surface area contributed by atoms with Crippen molar-refractivity contribution in [2.45, 2.75) is 26.2 Å². The highest BCUT2D eigenvalue weighted by Gasteiger charge is 2.08. The van der Waals surface area contributed by atoms with Crippen LogP contribution >= 0.6 is 24.0 Å². The summed E-state index contributed by atoms with van der Waals surface area (Å²) in [5.74, 6) is 1.64. The average Bonchev–Trinajstić information content (AvgIpc) is 2.62. The Balaban J connectivity index is 0.00000625. The summed E-state index contributed by atoms with van der Waals surface area (Å²) in [5, 5.41) is 3.37. The molecule has 1 amide bonds. The number of hydrogen-bond donors (Lipinski definition) is 1. The normalized spacial score (nSPS) is 10.7. The number of aliphatic imine (C=N–C) groups is 1. The van der Waals surface area contributed by atoms with Gasteiger partial charge in [0, 0.05) is 34.2 Å². The van der Waals surface area contributed by atoms with Crippen molar-refractivity contribution in [1.82, 2.24) is 15.1 Å². The Morgan fingerprint density at radius 3 is 2.38 bits per heavy atom. The van der Waals surface area contributed by atoms with Crippen LogP contribution in [0, 0.1) is 0 Å². The van der Waals surface area contributed by atoms with E-state index in [1.807, 2.05) is 19.2 Å². The number of nitrogens with zero attached hydrogens (tertiary/aromatic N) is 3. The van der Waals surface area contributed by atoms with Crippen LogP contribution < -0.4 is 10.1 Å². The van der Waals surface area contributed by atoms with E-state index in [0.717, 1.165) is 44.1 Å². The molecule has 0 aliphatic heterocycles. The minimum absolute atomic E-state index is 0. The molecule has 0 heterocycles. The number of guanidine groups is 1. The lowest BCUT2D eigenvalue weighted by Gasteiger charge is -2.22. The molecule has 0 fully saturated rings. The van der Waals surface area contributed by atoms with Crippen molar-refractivity contribution in [2.24, 2.45) is 4.99 Å². The van der Waals surface area contributed by atoms with E-state index in [-0.39, 0.29) is 36.4 Å². The van der Waals surface area contributed by atoms with E-state index in [1.165, 1.54) is 5.56 Å². The van der Waals surface area contributed by atoms with Crippen LogP contribution in [-0.4, -0.2) is 69.6 Å². The van der Waals surface area contributed by atoms with Gasteiger partial charge in [0.2, 0.25) is 5.91 Å². The second-order valence-electron chi connectivity index (χ2n) is 6.23. The summed E-state index contributed by atoms with van der Waals surface area (Å²) in [7, 11) is 7.17. The van der Waals surface area contributed by atoms with Gasteiger partial charge in [0.05, 0.1) is 7.11 Å². The van der Waals surface area contributed by atoms with E-state index >= 15 is 0 Å². The summed E-state index contributed by atoms with van der Waals surface area (Å²) in [6.07, 6.45) is 3.10. The van der Waals surface area contributed by atoms with Crippen LogP contribution in [0.2, 0.25) is 0 Å². The molecule has 0 bridgehead atoms. The summed E-state index contributed by atoms with van der Waals surface area (Å²) < 4.78 is 5.18. The molecular formula is C19H33IN4O2. The molecular weight excluding hydrogens is 443 g/mol. The van der Waals surface area contributed by atoms with Gasteiger partial charge in [-0.3, -0.25) is 4.79 Å². The smallest absolute Gasteiger partial charge is 0.243 e. The molecule has 0 spiro atoms. The van der Waals surface area contributed by atoms with E-state index in [9.17, 15) is 4.79 Å². The van der Waals surface area contributed by atoms with Crippen LogP contribution in [0.25, 0.3) is 0 Å². The number of carbonyl (C=O) groups excluding carboxylic acids is 1. The number of benzene rings is 1. The standard InChI is InChI=1S/C19H32N4O2.HI/c1-6-7-14-23(4)19(21-15-18(24)22(2)3)20-13-12-16-8-10-17(25-5)11-9-16;/h8-11H,6-7,12-15H2,1-5H3,(H,20,21);1H. The quantitative estimate of drug-likeness (QED) is 0.338. The number of ether oxygens (including phenoxy) is 1.